The van der Waals surface area contributed by atoms with Crippen molar-refractivity contribution in [2.45, 2.75) is 13.5 Å². The van der Waals surface area contributed by atoms with E-state index in [4.69, 9.17) is 9.47 Å². The lowest BCUT2D eigenvalue weighted by molar-refractivity contribution is -0.139. The summed E-state index contributed by atoms with van der Waals surface area (Å²) in [6, 6.07) is 7.42. The van der Waals surface area contributed by atoms with Gasteiger partial charge in [0.1, 0.15) is 12.4 Å². The summed E-state index contributed by atoms with van der Waals surface area (Å²) in [5.74, 6) is 0.426. The Morgan fingerprint density at radius 2 is 2.27 bits per heavy atom. The first-order valence-electron chi connectivity index (χ1n) is 4.68. The van der Waals surface area contributed by atoms with E-state index in [1.165, 1.54) is 6.08 Å². The molecular formula is C12H14O3. The SMILES string of the molecule is CC=CC(=O)OCc1cccc(OC)c1. The second-order valence-electron chi connectivity index (χ2n) is 2.96. The molecule has 0 bridgehead atoms. The van der Waals surface area contributed by atoms with E-state index >= 15 is 0 Å². The number of rotatable bonds is 4. The molecule has 15 heavy (non-hydrogen) atoms. The predicted octanol–water partition coefficient (Wildman–Crippen LogP) is 2.31. The third-order valence-corrected chi connectivity index (χ3v) is 1.82. The van der Waals surface area contributed by atoms with Crippen LogP contribution in [-0.2, 0) is 16.1 Å². The summed E-state index contributed by atoms with van der Waals surface area (Å²) in [7, 11) is 1.60. The van der Waals surface area contributed by atoms with E-state index in [1.807, 2.05) is 24.3 Å². The van der Waals surface area contributed by atoms with Crippen molar-refractivity contribution in [3.63, 3.8) is 0 Å². The van der Waals surface area contributed by atoms with Gasteiger partial charge >= 0.3 is 5.97 Å². The highest BCUT2D eigenvalue weighted by Crippen LogP contribution is 2.13. The highest BCUT2D eigenvalue weighted by molar-refractivity contribution is 5.81. The molecule has 0 saturated carbocycles. The Labute approximate surface area is 89.3 Å². The Morgan fingerprint density at radius 1 is 1.47 bits per heavy atom. The fourth-order valence-corrected chi connectivity index (χ4v) is 1.10. The van der Waals surface area contributed by atoms with Crippen LogP contribution in [0.25, 0.3) is 0 Å². The molecule has 1 aromatic carbocycles. The van der Waals surface area contributed by atoms with Crippen molar-refractivity contribution in [1.29, 1.82) is 0 Å². The maximum absolute atomic E-state index is 11.0. The molecule has 0 fully saturated rings. The second kappa shape index (κ2) is 5.86. The van der Waals surface area contributed by atoms with Gasteiger partial charge in [-0.1, -0.05) is 18.2 Å². The summed E-state index contributed by atoms with van der Waals surface area (Å²) < 4.78 is 10.0. The van der Waals surface area contributed by atoms with Gasteiger partial charge in [-0.25, -0.2) is 4.79 Å². The van der Waals surface area contributed by atoms with Crippen LogP contribution in [0.5, 0.6) is 5.75 Å². The molecule has 0 aliphatic carbocycles. The molecule has 0 radical (unpaired) electrons. The lowest BCUT2D eigenvalue weighted by Crippen LogP contribution is -2.00. The molecule has 0 spiro atoms. The molecule has 80 valence electrons. The van der Waals surface area contributed by atoms with Gasteiger partial charge in [-0.3, -0.25) is 0 Å². The van der Waals surface area contributed by atoms with Gasteiger partial charge in [0.05, 0.1) is 7.11 Å². The maximum Gasteiger partial charge on any atom is 0.330 e. The van der Waals surface area contributed by atoms with Crippen LogP contribution in [0.1, 0.15) is 12.5 Å². The average Bonchev–Trinajstić information content (AvgIpc) is 2.27. The molecule has 0 aliphatic heterocycles. The number of esters is 1. The zero-order chi connectivity index (χ0) is 11.1. The largest absolute Gasteiger partial charge is 0.497 e. The monoisotopic (exact) mass is 206 g/mol. The fraction of sp³-hybridized carbons (Fsp3) is 0.250. The highest BCUT2D eigenvalue weighted by Gasteiger charge is 1.99. The smallest absolute Gasteiger partial charge is 0.330 e. The molecule has 1 aromatic rings. The van der Waals surface area contributed by atoms with E-state index in [9.17, 15) is 4.79 Å². The van der Waals surface area contributed by atoms with Crippen LogP contribution in [0.3, 0.4) is 0 Å². The molecule has 3 heteroatoms. The van der Waals surface area contributed by atoms with Crippen LogP contribution in [0.15, 0.2) is 36.4 Å². The van der Waals surface area contributed by atoms with E-state index < -0.39 is 0 Å². The molecule has 0 aromatic heterocycles. The molecule has 0 unspecified atom stereocenters. The minimum atomic E-state index is -0.333. The summed E-state index contributed by atoms with van der Waals surface area (Å²) in [6.07, 6.45) is 3.04. The summed E-state index contributed by atoms with van der Waals surface area (Å²) in [5.41, 5.74) is 0.909. The van der Waals surface area contributed by atoms with Crippen molar-refractivity contribution in [3.8, 4) is 5.75 Å². The van der Waals surface area contributed by atoms with E-state index in [0.29, 0.717) is 0 Å². The number of allylic oxidation sites excluding steroid dienone is 1. The van der Waals surface area contributed by atoms with Gasteiger partial charge in [-0.2, -0.15) is 0 Å². The molecule has 0 saturated heterocycles. The zero-order valence-electron chi connectivity index (χ0n) is 8.90. The molecule has 3 nitrogen and oxygen atoms in total. The predicted molar refractivity (Wildman–Crippen MR) is 57.6 cm³/mol. The van der Waals surface area contributed by atoms with Crippen molar-refractivity contribution in [1.82, 2.24) is 0 Å². The van der Waals surface area contributed by atoms with Gasteiger partial charge in [0, 0.05) is 6.08 Å². The Morgan fingerprint density at radius 3 is 2.93 bits per heavy atom. The first kappa shape index (κ1) is 11.3. The van der Waals surface area contributed by atoms with Crippen LogP contribution in [0, 0.1) is 0 Å². The van der Waals surface area contributed by atoms with Crippen molar-refractivity contribution < 1.29 is 14.3 Å². The number of methoxy groups -OCH3 is 1. The topological polar surface area (TPSA) is 35.5 Å². The average molecular weight is 206 g/mol. The quantitative estimate of drug-likeness (QED) is 0.560. The molecule has 0 aliphatic rings. The molecular weight excluding hydrogens is 192 g/mol. The van der Waals surface area contributed by atoms with Crippen LogP contribution >= 0.6 is 0 Å². The molecule has 0 atom stereocenters. The second-order valence-corrected chi connectivity index (χ2v) is 2.96. The molecule has 0 heterocycles. The first-order valence-corrected chi connectivity index (χ1v) is 4.68. The van der Waals surface area contributed by atoms with Crippen LogP contribution < -0.4 is 4.74 Å². The Balaban J connectivity index is 2.53. The van der Waals surface area contributed by atoms with Crippen LogP contribution in [-0.4, -0.2) is 13.1 Å². The Kier molecular flexibility index (Phi) is 4.41. The van der Waals surface area contributed by atoms with E-state index in [2.05, 4.69) is 0 Å². The summed E-state index contributed by atoms with van der Waals surface area (Å²) in [6.45, 7) is 2.03. The van der Waals surface area contributed by atoms with Gasteiger partial charge in [0.15, 0.2) is 0 Å². The molecule has 1 rings (SSSR count). The fourth-order valence-electron chi connectivity index (χ4n) is 1.10. The number of ether oxygens (including phenoxy) is 2. The minimum Gasteiger partial charge on any atom is -0.497 e. The van der Waals surface area contributed by atoms with Crippen LogP contribution in [0.4, 0.5) is 0 Å². The first-order chi connectivity index (χ1) is 7.26. The van der Waals surface area contributed by atoms with Crippen molar-refractivity contribution in [3.05, 3.63) is 42.0 Å². The summed E-state index contributed by atoms with van der Waals surface area (Å²) in [4.78, 5) is 11.0. The Bertz CT molecular complexity index is 356. The number of benzene rings is 1. The normalized spacial score (nSPS) is 10.3. The maximum atomic E-state index is 11.0. The van der Waals surface area contributed by atoms with Crippen LogP contribution in [0.2, 0.25) is 0 Å². The third kappa shape index (κ3) is 3.85. The Hall–Kier alpha value is -1.77. The summed E-state index contributed by atoms with van der Waals surface area (Å²) >= 11 is 0. The van der Waals surface area contributed by atoms with Gasteiger partial charge in [-0.15, -0.1) is 0 Å². The number of carbonyl (C=O) groups is 1. The zero-order valence-corrected chi connectivity index (χ0v) is 8.90. The number of carbonyl (C=O) groups excluding carboxylic acids is 1. The minimum absolute atomic E-state index is 0.264. The molecule has 0 N–H and O–H groups in total. The standard InChI is InChI=1S/C12H14O3/c1-3-5-12(13)15-9-10-6-4-7-11(8-10)14-2/h3-8H,9H2,1-2H3. The summed E-state index contributed by atoms with van der Waals surface area (Å²) in [5, 5.41) is 0. The van der Waals surface area contributed by atoms with Crippen molar-refractivity contribution in [2.24, 2.45) is 0 Å². The van der Waals surface area contributed by atoms with Crippen molar-refractivity contribution in [2.75, 3.05) is 7.11 Å². The van der Waals surface area contributed by atoms with Gasteiger partial charge in [-0.05, 0) is 24.6 Å². The molecule has 0 amide bonds. The number of hydrogen-bond acceptors (Lipinski definition) is 3. The van der Waals surface area contributed by atoms with E-state index in [0.717, 1.165) is 11.3 Å². The number of hydrogen-bond donors (Lipinski definition) is 0. The van der Waals surface area contributed by atoms with E-state index in [1.54, 1.807) is 20.1 Å². The lowest BCUT2D eigenvalue weighted by atomic mass is 10.2. The van der Waals surface area contributed by atoms with Gasteiger partial charge in [0.2, 0.25) is 0 Å². The van der Waals surface area contributed by atoms with E-state index in [-0.39, 0.29) is 12.6 Å². The third-order valence-electron chi connectivity index (χ3n) is 1.82. The highest BCUT2D eigenvalue weighted by atomic mass is 16.5. The lowest BCUT2D eigenvalue weighted by Gasteiger charge is -2.04. The van der Waals surface area contributed by atoms with Crippen molar-refractivity contribution >= 4 is 5.97 Å². The van der Waals surface area contributed by atoms with Gasteiger partial charge < -0.3 is 9.47 Å². The van der Waals surface area contributed by atoms with Gasteiger partial charge in [0.25, 0.3) is 0 Å².